The van der Waals surface area contributed by atoms with Crippen LogP contribution in [0, 0.1) is 27.6 Å². The molecule has 2 unspecified atom stereocenters. The third kappa shape index (κ3) is 14.2. The molecule has 484 valence electrons. The molecule has 2 amide bonds. The van der Waals surface area contributed by atoms with Crippen molar-refractivity contribution < 1.29 is 110 Å². The highest BCUT2D eigenvalue weighted by atomic mass is 31.2. The van der Waals surface area contributed by atoms with E-state index in [-0.39, 0.29) is 73.8 Å². The van der Waals surface area contributed by atoms with Crippen LogP contribution in [0.25, 0.3) is 0 Å². The van der Waals surface area contributed by atoms with E-state index in [0.717, 1.165) is 6.92 Å². The second-order valence-electron chi connectivity index (χ2n) is 24.5. The smallest absolute Gasteiger partial charge is 0.459 e. The van der Waals surface area contributed by atoms with E-state index in [9.17, 15) is 62.6 Å². The van der Waals surface area contributed by atoms with Gasteiger partial charge in [0.05, 0.1) is 30.1 Å². The van der Waals surface area contributed by atoms with Gasteiger partial charge < -0.3 is 73.2 Å². The summed E-state index contributed by atoms with van der Waals surface area (Å²) in [6.45, 7) is 11.5. The number of amides is 2. The van der Waals surface area contributed by atoms with Gasteiger partial charge in [0.1, 0.15) is 30.5 Å². The number of nitrogens with one attached hydrogen (secondary N) is 2. The lowest BCUT2D eigenvalue weighted by Gasteiger charge is -2.69. The fraction of sp³-hybridized carbons (Fsp3) is 0.600. The van der Waals surface area contributed by atoms with E-state index in [0.29, 0.717) is 6.42 Å². The lowest BCUT2D eigenvalue weighted by molar-refractivity contribution is -0.342. The molecule has 3 fully saturated rings. The molecular weight excluding hydrogens is 1210 g/mol. The van der Waals surface area contributed by atoms with Gasteiger partial charge in [0.2, 0.25) is 12.0 Å². The molecule has 88 heavy (non-hydrogen) atoms. The zero-order chi connectivity index (χ0) is 65.1. The number of ketones is 1. The van der Waals surface area contributed by atoms with Crippen molar-refractivity contribution in [2.45, 2.75) is 179 Å². The maximum Gasteiger partial charge on any atom is 0.509 e. The fourth-order valence-corrected chi connectivity index (χ4v) is 16.7. The van der Waals surface area contributed by atoms with Gasteiger partial charge in [-0.3, -0.25) is 33.1 Å². The lowest BCUT2D eigenvalue weighted by atomic mass is 9.40. The van der Waals surface area contributed by atoms with Gasteiger partial charge in [0.15, 0.2) is 22.9 Å². The minimum atomic E-state index is -5.27. The Kier molecular flexibility index (Phi) is 21.7. The summed E-state index contributed by atoms with van der Waals surface area (Å²) in [5, 5.41) is 15.4. The molecule has 7 N–H and O–H groups in total. The van der Waals surface area contributed by atoms with Crippen LogP contribution in [-0.4, -0.2) is 152 Å². The van der Waals surface area contributed by atoms with E-state index in [1.54, 1.807) is 88.4 Å². The molecule has 1 heterocycles. The number of fused-ring (bicyclic) bond motifs is 5. The summed E-state index contributed by atoms with van der Waals surface area (Å²) >= 11 is 0. The number of esters is 3. The number of allylic oxidation sites excluding steroid dienone is 1. The minimum absolute atomic E-state index is 0.0287. The molecule has 0 spiro atoms. The van der Waals surface area contributed by atoms with E-state index in [1.807, 2.05) is 16.2 Å². The zero-order valence-corrected chi connectivity index (χ0v) is 53.6. The molecule has 0 radical (unpaired) electrons. The Morgan fingerprint density at radius 3 is 2.06 bits per heavy atom. The van der Waals surface area contributed by atoms with E-state index < -0.39 is 169 Å². The maximum absolute atomic E-state index is 16.0. The normalized spacial score (nSPS) is 30.7. The maximum atomic E-state index is 16.0. The van der Waals surface area contributed by atoms with Crippen LogP contribution in [0.4, 0.5) is 9.59 Å². The zero-order valence-electron chi connectivity index (χ0n) is 50.6. The minimum Gasteiger partial charge on any atom is -0.459 e. The van der Waals surface area contributed by atoms with Crippen LogP contribution >= 0.6 is 24.4 Å². The molecule has 28 heteroatoms. The van der Waals surface area contributed by atoms with Crippen molar-refractivity contribution >= 4 is 71.8 Å². The molecule has 4 aliphatic carbocycles. The molecule has 2 bridgehead atoms. The number of carbonyl (C=O) groups is 8. The number of rotatable bonds is 21. The van der Waals surface area contributed by atoms with E-state index in [4.69, 9.17) is 37.9 Å². The van der Waals surface area contributed by atoms with E-state index in [1.165, 1.54) is 33.1 Å². The quantitative estimate of drug-likeness (QED) is 0.0292. The van der Waals surface area contributed by atoms with Gasteiger partial charge in [0, 0.05) is 50.3 Å². The first-order valence-electron chi connectivity index (χ1n) is 29.1. The largest absolute Gasteiger partial charge is 0.509 e. The van der Waals surface area contributed by atoms with Gasteiger partial charge in [-0.05, 0) is 115 Å². The van der Waals surface area contributed by atoms with Crippen molar-refractivity contribution in [1.82, 2.24) is 10.6 Å². The van der Waals surface area contributed by atoms with Crippen molar-refractivity contribution in [2.24, 2.45) is 27.6 Å². The number of methoxy groups -OCH3 is 1. The summed E-state index contributed by atoms with van der Waals surface area (Å²) in [5.41, 5.74) is -8.27. The number of aliphatic hydroxyl groups excluding tert-OH is 1. The van der Waals surface area contributed by atoms with Crippen LogP contribution < -0.4 is 10.6 Å². The molecule has 2 aromatic rings. The molecule has 25 nitrogen and oxygen atoms in total. The Morgan fingerprint density at radius 1 is 0.864 bits per heavy atom. The molecule has 2 saturated carbocycles. The molecule has 1 aliphatic heterocycles. The average Bonchev–Trinajstić information content (AvgIpc) is 0.669. The second kappa shape index (κ2) is 27.4. The van der Waals surface area contributed by atoms with Crippen molar-refractivity contribution in [1.29, 1.82) is 0 Å². The van der Waals surface area contributed by atoms with Crippen LogP contribution in [-0.2, 0) is 71.0 Å². The number of carbonyl (C=O) groups excluding carboxylic acids is 8. The summed E-state index contributed by atoms with van der Waals surface area (Å²) in [4.78, 5) is 154. The summed E-state index contributed by atoms with van der Waals surface area (Å²) in [7, 11) is -7.09. The SMILES string of the molecule is CCC(C[C@]12C[C@H](OC(=O)[C@H](OC(=O)O[C@H]3/C=C/CC[C@@](C)(C(=O)NCCC(P(=O)(O)O)P(=O)(O)O)CC3)[C@@H](NC(=O)c3ccccc3)c3ccccc3)C(C)=C([C@@H](OC(C)=O)C(=O)[C@@]3(C)[C@H]([C@@H]1OC(=O)P)[C@]1(OC(C)=O)CO[C@@H]1C[C@@H]3O)C2(C)C)OC. The van der Waals surface area contributed by atoms with Crippen LogP contribution in [0.1, 0.15) is 135 Å². The van der Waals surface area contributed by atoms with Crippen molar-refractivity contribution in [3.8, 4) is 0 Å². The van der Waals surface area contributed by atoms with Gasteiger partial charge in [0.25, 0.3) is 5.91 Å². The predicted octanol–water partition coefficient (Wildman–Crippen LogP) is 6.81. The number of aliphatic hydroxyl groups is 1. The van der Waals surface area contributed by atoms with Gasteiger partial charge in [-0.25, -0.2) is 14.4 Å². The van der Waals surface area contributed by atoms with Crippen LogP contribution in [0.5, 0.6) is 0 Å². The highest BCUT2D eigenvalue weighted by Gasteiger charge is 2.78. The molecule has 1 saturated heterocycles. The Labute approximate surface area is 512 Å². The Morgan fingerprint density at radius 2 is 1.50 bits per heavy atom. The standard InChI is InChI=1S/C60H81N2O23P3/c1-10-38(78-9)30-59-31-40(33(2)44(56(59,5)6)46(80-34(3)63)49(66)58(8)41(65)29-42-60(32-79-42,85-35(4)64)48(58)50(59)84-55(71)86)82-52(68)47(45(36-19-13-11-14-20-36)62-51(67)37-21-15-12-16-22-37)83-54(70)81-39-23-17-18-26-57(7,27-24-39)53(69)61-28-25-43(87(72,73)74)88(75,76)77/h11-17,19-23,38-43,45-48,50,65H,10,18,24-32,86H2,1-9H3,(H,61,69)(H,62,67)(H2,72,73,74)(H2,75,76,77)/b23-17+/t38?,39-,40-,41-,42+,45-,46+,47+,48-,50-,57+,58+,59-,60-/m0/s1. The van der Waals surface area contributed by atoms with Gasteiger partial charge in [-0.1, -0.05) is 82.3 Å². The van der Waals surface area contributed by atoms with Crippen molar-refractivity contribution in [3.63, 3.8) is 0 Å². The Bertz CT molecular complexity index is 3110. The first-order chi connectivity index (χ1) is 41.1. The Hall–Kier alpha value is -5.71. The Balaban J connectivity index is 1.34. The van der Waals surface area contributed by atoms with Crippen LogP contribution in [0.3, 0.4) is 0 Å². The molecule has 5 aliphatic rings. The van der Waals surface area contributed by atoms with Crippen molar-refractivity contribution in [3.05, 3.63) is 95.1 Å². The summed E-state index contributed by atoms with van der Waals surface area (Å²) in [6.07, 6.45) is -10.1. The predicted molar refractivity (Wildman–Crippen MR) is 316 cm³/mol. The number of Topliss-reactive ketones (excluding diaryl/α,β-unsaturated/α-hetero) is 1. The summed E-state index contributed by atoms with van der Waals surface area (Å²) in [6, 6.07) is 14.4. The molecule has 2 aromatic carbocycles. The highest BCUT2D eigenvalue weighted by molar-refractivity contribution is 7.70. The number of hydrogen-bond donors (Lipinski definition) is 7. The molecule has 15 atom stereocenters. The second-order valence-corrected chi connectivity index (χ2v) is 29.0. The third-order valence-corrected chi connectivity index (χ3v) is 22.8. The van der Waals surface area contributed by atoms with Gasteiger partial charge in [-0.15, -0.1) is 0 Å². The fourth-order valence-electron chi connectivity index (χ4n) is 14.0. The average molecular weight is 1290 g/mol. The first-order valence-corrected chi connectivity index (χ1v) is 33.0. The van der Waals surface area contributed by atoms with E-state index >= 15 is 9.59 Å². The van der Waals surface area contributed by atoms with Gasteiger partial charge >= 0.3 is 45.0 Å². The van der Waals surface area contributed by atoms with E-state index in [2.05, 4.69) is 10.6 Å². The molecule has 0 aromatic heterocycles. The monoisotopic (exact) mass is 1290 g/mol. The highest BCUT2D eigenvalue weighted by Crippen LogP contribution is 2.69. The lowest BCUT2D eigenvalue weighted by Crippen LogP contribution is -2.80. The number of benzene rings is 2. The number of ether oxygens (including phenoxy) is 8. The summed E-state index contributed by atoms with van der Waals surface area (Å²) in [5.74, 6) is -6.59. The first kappa shape index (κ1) is 69.8. The van der Waals surface area contributed by atoms with Crippen LogP contribution in [0.2, 0.25) is 0 Å². The molecular formula is C60H81N2O23P3. The van der Waals surface area contributed by atoms with Crippen LogP contribution in [0.15, 0.2) is 84.0 Å². The van der Waals surface area contributed by atoms with Crippen molar-refractivity contribution in [2.75, 3.05) is 20.3 Å². The van der Waals surface area contributed by atoms with Gasteiger partial charge in [-0.2, -0.15) is 0 Å². The number of hydrogen-bond acceptors (Lipinski definition) is 19. The topological polar surface area (TPSA) is 370 Å². The molecule has 7 rings (SSSR count). The summed E-state index contributed by atoms with van der Waals surface area (Å²) < 4.78 is 73.5. The third-order valence-electron chi connectivity index (χ3n) is 18.8.